The van der Waals surface area contributed by atoms with Gasteiger partial charge in [-0.25, -0.2) is 8.42 Å². The Balaban J connectivity index is 2.36. The highest BCUT2D eigenvalue weighted by molar-refractivity contribution is 7.92. The molecule has 112 valence electrons. The average Bonchev–Trinajstić information content (AvgIpc) is 2.43. The monoisotopic (exact) mass is 344 g/mol. The van der Waals surface area contributed by atoms with Crippen LogP contribution in [0.4, 0.5) is 11.4 Å². The smallest absolute Gasteiger partial charge is 0.263 e. The highest BCUT2D eigenvalue weighted by atomic mass is 35.5. The lowest BCUT2D eigenvalue weighted by atomic mass is 10.3. The Kier molecular flexibility index (Phi) is 4.98. The van der Waals surface area contributed by atoms with Crippen molar-refractivity contribution in [3.63, 3.8) is 0 Å². The van der Waals surface area contributed by atoms with Crippen LogP contribution in [-0.4, -0.2) is 15.0 Å². The molecule has 2 aromatic carbocycles. The fourth-order valence-corrected chi connectivity index (χ4v) is 3.34. The van der Waals surface area contributed by atoms with Gasteiger partial charge < -0.3 is 5.32 Å². The van der Waals surface area contributed by atoms with Gasteiger partial charge in [0.25, 0.3) is 10.0 Å². The predicted octanol–water partition coefficient (Wildman–Crippen LogP) is 4.23. The number of nitrogens with one attached hydrogen (secondary N) is 2. The molecule has 21 heavy (non-hydrogen) atoms. The van der Waals surface area contributed by atoms with Crippen LogP contribution in [0, 0.1) is 0 Å². The summed E-state index contributed by atoms with van der Waals surface area (Å²) >= 11 is 11.7. The predicted molar refractivity (Wildman–Crippen MR) is 87.9 cm³/mol. The van der Waals surface area contributed by atoms with Gasteiger partial charge in [-0.2, -0.15) is 0 Å². The quantitative estimate of drug-likeness (QED) is 0.853. The van der Waals surface area contributed by atoms with Gasteiger partial charge in [0.15, 0.2) is 0 Å². The van der Waals surface area contributed by atoms with Crippen LogP contribution in [0.15, 0.2) is 47.4 Å². The van der Waals surface area contributed by atoms with Crippen molar-refractivity contribution >= 4 is 44.6 Å². The van der Waals surface area contributed by atoms with Crippen LogP contribution in [0.2, 0.25) is 10.0 Å². The number of sulfonamides is 1. The van der Waals surface area contributed by atoms with E-state index in [1.165, 1.54) is 18.2 Å². The van der Waals surface area contributed by atoms with Gasteiger partial charge in [-0.3, -0.25) is 4.72 Å². The summed E-state index contributed by atoms with van der Waals surface area (Å²) in [4.78, 5) is 0.179. The van der Waals surface area contributed by atoms with Gasteiger partial charge in [0, 0.05) is 6.54 Å². The second-order valence-electron chi connectivity index (χ2n) is 4.26. The van der Waals surface area contributed by atoms with Gasteiger partial charge in [-0.1, -0.05) is 35.3 Å². The zero-order valence-electron chi connectivity index (χ0n) is 11.2. The van der Waals surface area contributed by atoms with Crippen molar-refractivity contribution in [3.8, 4) is 0 Å². The molecule has 4 nitrogen and oxygen atoms in total. The fraction of sp³-hybridized carbons (Fsp3) is 0.143. The van der Waals surface area contributed by atoms with E-state index >= 15 is 0 Å². The minimum absolute atomic E-state index is 0.179. The van der Waals surface area contributed by atoms with E-state index in [4.69, 9.17) is 23.2 Å². The summed E-state index contributed by atoms with van der Waals surface area (Å²) < 4.78 is 27.4. The Morgan fingerprint density at radius 2 is 1.76 bits per heavy atom. The Labute approximate surface area is 134 Å². The molecule has 7 heteroatoms. The van der Waals surface area contributed by atoms with Crippen LogP contribution in [0.25, 0.3) is 0 Å². The molecule has 0 radical (unpaired) electrons. The minimum Gasteiger partial charge on any atom is -0.384 e. The van der Waals surface area contributed by atoms with E-state index in [0.717, 1.165) is 0 Å². The lowest BCUT2D eigenvalue weighted by Crippen LogP contribution is -2.15. The zero-order chi connectivity index (χ0) is 15.5. The van der Waals surface area contributed by atoms with E-state index in [1.807, 2.05) is 6.92 Å². The maximum absolute atomic E-state index is 12.5. The lowest BCUT2D eigenvalue weighted by molar-refractivity contribution is 0.601. The summed E-state index contributed by atoms with van der Waals surface area (Å²) in [6, 6.07) is 11.3. The van der Waals surface area contributed by atoms with Crippen molar-refractivity contribution in [2.24, 2.45) is 0 Å². The van der Waals surface area contributed by atoms with Gasteiger partial charge in [-0.15, -0.1) is 0 Å². The van der Waals surface area contributed by atoms with Crippen LogP contribution >= 0.6 is 23.2 Å². The summed E-state index contributed by atoms with van der Waals surface area (Å²) in [5.74, 6) is 0. The molecular formula is C14H14Cl2N2O2S. The number of hydrogen-bond donors (Lipinski definition) is 2. The van der Waals surface area contributed by atoms with E-state index in [0.29, 0.717) is 22.9 Å². The van der Waals surface area contributed by atoms with Crippen LogP contribution in [0.5, 0.6) is 0 Å². The lowest BCUT2D eigenvalue weighted by Gasteiger charge is -2.13. The van der Waals surface area contributed by atoms with E-state index < -0.39 is 10.0 Å². The van der Waals surface area contributed by atoms with Gasteiger partial charge in [0.05, 0.1) is 21.4 Å². The second kappa shape index (κ2) is 6.56. The van der Waals surface area contributed by atoms with Gasteiger partial charge in [0.2, 0.25) is 0 Å². The van der Waals surface area contributed by atoms with Crippen molar-refractivity contribution in [2.45, 2.75) is 11.8 Å². The molecule has 0 unspecified atom stereocenters. The van der Waals surface area contributed by atoms with Crippen molar-refractivity contribution in [3.05, 3.63) is 52.5 Å². The third kappa shape index (κ3) is 3.81. The third-order valence-corrected chi connectivity index (χ3v) is 4.89. The molecule has 0 saturated heterocycles. The summed E-state index contributed by atoms with van der Waals surface area (Å²) in [6.45, 7) is 2.52. The van der Waals surface area contributed by atoms with Crippen molar-refractivity contribution < 1.29 is 8.42 Å². The van der Waals surface area contributed by atoms with E-state index in [2.05, 4.69) is 10.0 Å². The topological polar surface area (TPSA) is 58.2 Å². The molecule has 0 saturated carbocycles. The van der Waals surface area contributed by atoms with Crippen LogP contribution in [-0.2, 0) is 10.0 Å². The van der Waals surface area contributed by atoms with E-state index in [9.17, 15) is 8.42 Å². The highest BCUT2D eigenvalue weighted by Gasteiger charge is 2.18. The number of hydrogen-bond acceptors (Lipinski definition) is 3. The normalized spacial score (nSPS) is 11.2. The largest absolute Gasteiger partial charge is 0.384 e. The van der Waals surface area contributed by atoms with Gasteiger partial charge in [0.1, 0.15) is 4.90 Å². The number of halogens is 2. The molecule has 2 rings (SSSR count). The Hall–Kier alpha value is -1.43. The SMILES string of the molecule is CCNc1ccccc1S(=O)(=O)Nc1ccc(Cl)c(Cl)c1. The molecule has 0 amide bonds. The molecule has 0 bridgehead atoms. The number of anilines is 2. The Bertz CT molecular complexity index is 748. The highest BCUT2D eigenvalue weighted by Crippen LogP contribution is 2.28. The summed E-state index contributed by atoms with van der Waals surface area (Å²) in [6.07, 6.45) is 0. The van der Waals surface area contributed by atoms with Crippen molar-refractivity contribution in [1.29, 1.82) is 0 Å². The molecule has 2 N–H and O–H groups in total. The van der Waals surface area contributed by atoms with Crippen LogP contribution in [0.1, 0.15) is 6.92 Å². The molecule has 0 heterocycles. The maximum atomic E-state index is 12.5. The number of benzene rings is 2. The number of para-hydroxylation sites is 1. The molecule has 0 aliphatic rings. The summed E-state index contributed by atoms with van der Waals surface area (Å²) in [7, 11) is -3.71. The third-order valence-electron chi connectivity index (χ3n) is 2.72. The zero-order valence-corrected chi connectivity index (χ0v) is 13.6. The Morgan fingerprint density at radius 1 is 1.05 bits per heavy atom. The van der Waals surface area contributed by atoms with E-state index in [1.54, 1.807) is 24.3 Å². The molecule has 2 aromatic rings. The van der Waals surface area contributed by atoms with Gasteiger partial charge in [-0.05, 0) is 37.3 Å². The number of rotatable bonds is 5. The first-order chi connectivity index (χ1) is 9.94. The summed E-state index contributed by atoms with van der Waals surface area (Å²) in [5, 5.41) is 3.68. The first kappa shape index (κ1) is 15.9. The second-order valence-corrected chi connectivity index (χ2v) is 6.73. The maximum Gasteiger partial charge on any atom is 0.263 e. The molecular weight excluding hydrogens is 331 g/mol. The first-order valence-corrected chi connectivity index (χ1v) is 8.48. The van der Waals surface area contributed by atoms with Crippen molar-refractivity contribution in [1.82, 2.24) is 0 Å². The van der Waals surface area contributed by atoms with Crippen LogP contribution < -0.4 is 10.0 Å². The van der Waals surface area contributed by atoms with Gasteiger partial charge >= 0.3 is 0 Å². The summed E-state index contributed by atoms with van der Waals surface area (Å²) in [5.41, 5.74) is 0.906. The molecule has 0 fully saturated rings. The van der Waals surface area contributed by atoms with E-state index in [-0.39, 0.29) is 9.92 Å². The first-order valence-electron chi connectivity index (χ1n) is 6.25. The average molecular weight is 345 g/mol. The molecule has 0 aromatic heterocycles. The fourth-order valence-electron chi connectivity index (χ4n) is 1.81. The standard InChI is InChI=1S/C14H14Cl2N2O2S/c1-2-17-13-5-3-4-6-14(13)21(19,20)18-10-7-8-11(15)12(16)9-10/h3-9,17-18H,2H2,1H3. The minimum atomic E-state index is -3.71. The molecule has 0 atom stereocenters. The van der Waals surface area contributed by atoms with Crippen LogP contribution in [0.3, 0.4) is 0 Å². The molecule has 0 aliphatic heterocycles. The molecule has 0 aliphatic carbocycles. The Morgan fingerprint density at radius 3 is 2.43 bits per heavy atom. The molecule has 0 spiro atoms. The van der Waals surface area contributed by atoms with Crippen molar-refractivity contribution in [2.75, 3.05) is 16.6 Å².